The third kappa shape index (κ3) is 13.4. The van der Waals surface area contributed by atoms with E-state index in [2.05, 4.69) is 24.9 Å². The fourth-order valence-corrected chi connectivity index (χ4v) is 1.15. The predicted molar refractivity (Wildman–Crippen MR) is 91.3 cm³/mol. The van der Waals surface area contributed by atoms with Crippen molar-refractivity contribution >= 4 is 0 Å². The van der Waals surface area contributed by atoms with Crippen molar-refractivity contribution in [2.45, 2.75) is 0 Å². The molecule has 0 fully saturated rings. The Kier molecular flexibility index (Phi) is 11.6. The van der Waals surface area contributed by atoms with Gasteiger partial charge in [0.25, 0.3) is 0 Å². The fraction of sp³-hybridized carbons (Fsp3) is 0. The second kappa shape index (κ2) is 15.1. The monoisotopic (exact) mass is 305 g/mol. The van der Waals surface area contributed by atoms with Crippen LogP contribution in [-0.2, 0) is 0 Å². The van der Waals surface area contributed by atoms with Crippen LogP contribution in [0.5, 0.6) is 0 Å². The number of nitrogens with zero attached hydrogens (tertiary/aromatic N) is 4. The van der Waals surface area contributed by atoms with Gasteiger partial charge in [0, 0.05) is 49.6 Å². The Morgan fingerprint density at radius 3 is 0.870 bits per heavy atom. The standard InChI is InChI=1S/3C5H5N.C3H4N2/c3*1-2-4-6-5-3-1;1-2-5-3-4-1/h3*1-5H;1-3H,(H,4,5). The van der Waals surface area contributed by atoms with Crippen molar-refractivity contribution in [3.8, 4) is 0 Å². The summed E-state index contributed by atoms with van der Waals surface area (Å²) in [5.41, 5.74) is 0. The zero-order valence-electron chi connectivity index (χ0n) is 12.7. The fourth-order valence-electron chi connectivity index (χ4n) is 1.15. The molecule has 4 heterocycles. The van der Waals surface area contributed by atoms with Crippen molar-refractivity contribution in [1.29, 1.82) is 0 Å². The molecule has 0 aliphatic carbocycles. The van der Waals surface area contributed by atoms with Gasteiger partial charge in [-0.05, 0) is 36.4 Å². The van der Waals surface area contributed by atoms with Gasteiger partial charge in [0.2, 0.25) is 0 Å². The molecule has 0 bridgehead atoms. The first-order valence-electron chi connectivity index (χ1n) is 6.98. The van der Waals surface area contributed by atoms with Gasteiger partial charge in [0.15, 0.2) is 0 Å². The van der Waals surface area contributed by atoms with E-state index < -0.39 is 0 Å². The highest BCUT2D eigenvalue weighted by Crippen LogP contribution is 1.75. The normalized spacial score (nSPS) is 8.00. The SMILES string of the molecule is c1c[nH]cn1.c1ccncc1.c1ccncc1.c1ccncc1. The van der Waals surface area contributed by atoms with E-state index in [1.165, 1.54) is 0 Å². The smallest absolute Gasteiger partial charge is 0.0919 e. The summed E-state index contributed by atoms with van der Waals surface area (Å²) in [4.78, 5) is 17.8. The first-order valence-corrected chi connectivity index (χ1v) is 6.98. The van der Waals surface area contributed by atoms with E-state index in [9.17, 15) is 0 Å². The number of aromatic amines is 1. The predicted octanol–water partition coefficient (Wildman–Crippen LogP) is 3.65. The Morgan fingerprint density at radius 2 is 0.783 bits per heavy atom. The minimum absolute atomic E-state index is 1.62. The van der Waals surface area contributed by atoms with Gasteiger partial charge < -0.3 is 4.98 Å². The molecule has 0 saturated carbocycles. The van der Waals surface area contributed by atoms with Gasteiger partial charge in [0.05, 0.1) is 6.33 Å². The lowest BCUT2D eigenvalue weighted by molar-refractivity contribution is 1.31. The van der Waals surface area contributed by atoms with E-state index in [4.69, 9.17) is 0 Å². The van der Waals surface area contributed by atoms with E-state index >= 15 is 0 Å². The van der Waals surface area contributed by atoms with E-state index in [0.29, 0.717) is 0 Å². The highest BCUT2D eigenvalue weighted by molar-refractivity contribution is 4.89. The third-order valence-electron chi connectivity index (χ3n) is 2.11. The van der Waals surface area contributed by atoms with Crippen LogP contribution < -0.4 is 0 Å². The molecule has 0 radical (unpaired) electrons. The van der Waals surface area contributed by atoms with Crippen LogP contribution >= 0.6 is 0 Å². The van der Waals surface area contributed by atoms with Gasteiger partial charge in [-0.15, -0.1) is 0 Å². The van der Waals surface area contributed by atoms with E-state index in [1.807, 2.05) is 54.6 Å². The number of hydrogen-bond donors (Lipinski definition) is 1. The molecule has 0 saturated heterocycles. The van der Waals surface area contributed by atoms with Crippen molar-refractivity contribution in [2.75, 3.05) is 0 Å². The Morgan fingerprint density at radius 1 is 0.391 bits per heavy atom. The summed E-state index contributed by atoms with van der Waals surface area (Å²) in [7, 11) is 0. The highest BCUT2D eigenvalue weighted by atomic mass is 14.8. The van der Waals surface area contributed by atoms with Crippen LogP contribution in [0.15, 0.2) is 110 Å². The van der Waals surface area contributed by atoms with Crippen LogP contribution in [0.3, 0.4) is 0 Å². The van der Waals surface area contributed by atoms with Crippen molar-refractivity contribution < 1.29 is 0 Å². The average Bonchev–Trinajstić information content (AvgIpc) is 3.27. The van der Waals surface area contributed by atoms with Crippen LogP contribution in [0, 0.1) is 0 Å². The van der Waals surface area contributed by atoms with E-state index in [-0.39, 0.29) is 0 Å². The van der Waals surface area contributed by atoms with Crippen LogP contribution in [0.1, 0.15) is 0 Å². The molecule has 1 N–H and O–H groups in total. The molecule has 0 unspecified atom stereocenters. The van der Waals surface area contributed by atoms with Gasteiger partial charge >= 0.3 is 0 Å². The number of imidazole rings is 1. The van der Waals surface area contributed by atoms with Crippen molar-refractivity contribution in [3.63, 3.8) is 0 Å². The number of rotatable bonds is 0. The lowest BCUT2D eigenvalue weighted by Crippen LogP contribution is -1.58. The minimum Gasteiger partial charge on any atom is -0.351 e. The summed E-state index contributed by atoms with van der Waals surface area (Å²) in [6, 6.07) is 17.1. The summed E-state index contributed by atoms with van der Waals surface area (Å²) >= 11 is 0. The highest BCUT2D eigenvalue weighted by Gasteiger charge is 1.59. The summed E-state index contributed by atoms with van der Waals surface area (Å²) in [5, 5.41) is 0. The quantitative estimate of drug-likeness (QED) is 0.538. The minimum atomic E-state index is 1.62. The first-order chi connectivity index (χ1) is 11.5. The number of nitrogens with one attached hydrogen (secondary N) is 1. The number of H-pyrrole nitrogens is 1. The molecule has 0 spiro atoms. The van der Waals surface area contributed by atoms with Crippen LogP contribution in [-0.4, -0.2) is 24.9 Å². The lowest BCUT2D eigenvalue weighted by atomic mass is 10.5. The maximum absolute atomic E-state index is 3.78. The molecular formula is C18H19N5. The molecule has 0 aliphatic heterocycles. The Bertz CT molecular complexity index is 456. The molecule has 0 atom stereocenters. The number of aromatic nitrogens is 5. The Balaban J connectivity index is 0.000000154. The molecule has 4 aromatic rings. The zero-order chi connectivity index (χ0) is 16.3. The summed E-state index contributed by atoms with van der Waals surface area (Å²) < 4.78 is 0. The van der Waals surface area contributed by atoms with Gasteiger partial charge in [-0.25, -0.2) is 4.98 Å². The molecule has 4 rings (SSSR count). The molecule has 23 heavy (non-hydrogen) atoms. The van der Waals surface area contributed by atoms with Crippen molar-refractivity contribution in [2.24, 2.45) is 0 Å². The van der Waals surface area contributed by atoms with E-state index in [0.717, 1.165) is 0 Å². The number of hydrogen-bond acceptors (Lipinski definition) is 4. The van der Waals surface area contributed by atoms with Crippen LogP contribution in [0.25, 0.3) is 0 Å². The maximum Gasteiger partial charge on any atom is 0.0919 e. The zero-order valence-corrected chi connectivity index (χ0v) is 12.7. The topological polar surface area (TPSA) is 67.3 Å². The Labute approximate surface area is 136 Å². The average molecular weight is 305 g/mol. The molecule has 0 amide bonds. The number of pyridine rings is 3. The van der Waals surface area contributed by atoms with Crippen LogP contribution in [0.4, 0.5) is 0 Å². The summed E-state index contributed by atoms with van der Waals surface area (Å²) in [6.07, 6.45) is 15.6. The molecule has 0 aromatic carbocycles. The van der Waals surface area contributed by atoms with Gasteiger partial charge in [-0.1, -0.05) is 18.2 Å². The second-order valence-electron chi connectivity index (χ2n) is 3.83. The third-order valence-corrected chi connectivity index (χ3v) is 2.11. The summed E-state index contributed by atoms with van der Waals surface area (Å²) in [6.45, 7) is 0. The van der Waals surface area contributed by atoms with Gasteiger partial charge in [-0.3, -0.25) is 15.0 Å². The molecule has 5 nitrogen and oxygen atoms in total. The Hall–Kier alpha value is -3.34. The molecule has 5 heteroatoms. The lowest BCUT2D eigenvalue weighted by Gasteiger charge is -1.70. The first kappa shape index (κ1) is 17.7. The molecule has 0 aliphatic rings. The van der Waals surface area contributed by atoms with Crippen LogP contribution in [0.2, 0.25) is 0 Å². The summed E-state index contributed by atoms with van der Waals surface area (Å²) in [5.74, 6) is 0. The largest absolute Gasteiger partial charge is 0.351 e. The van der Waals surface area contributed by atoms with Gasteiger partial charge in [-0.2, -0.15) is 0 Å². The second-order valence-corrected chi connectivity index (χ2v) is 3.83. The molecule has 4 aromatic heterocycles. The maximum atomic E-state index is 3.78. The molecule has 116 valence electrons. The van der Waals surface area contributed by atoms with Crippen molar-refractivity contribution in [1.82, 2.24) is 24.9 Å². The van der Waals surface area contributed by atoms with Crippen molar-refractivity contribution in [3.05, 3.63) is 110 Å². The van der Waals surface area contributed by atoms with Gasteiger partial charge in [0.1, 0.15) is 0 Å². The van der Waals surface area contributed by atoms with E-state index in [1.54, 1.807) is 55.9 Å². The molecular weight excluding hydrogens is 286 g/mol.